The van der Waals surface area contributed by atoms with E-state index in [1.807, 2.05) is 6.92 Å². The molecule has 0 amide bonds. The number of benzene rings is 1. The molecule has 1 aromatic carbocycles. The lowest BCUT2D eigenvalue weighted by Gasteiger charge is -2.40. The number of ether oxygens (including phenoxy) is 1. The number of halogens is 3. The van der Waals surface area contributed by atoms with E-state index in [0.29, 0.717) is 12.0 Å². The molecule has 1 fully saturated rings. The molecule has 1 aliphatic rings. The zero-order valence-corrected chi connectivity index (χ0v) is 20.3. The molecular formula is C21H33F2IN4O2. The van der Waals surface area contributed by atoms with Gasteiger partial charge in [-0.2, -0.15) is 0 Å². The third-order valence-electron chi connectivity index (χ3n) is 5.29. The van der Waals surface area contributed by atoms with Crippen LogP contribution in [0.1, 0.15) is 44.2 Å². The SMILES string of the molecule is CCC(c1ccc(F)cc1F)N1CCN(C(=NC)NCCCCC(=O)OC)CC1.I. The molecule has 1 aliphatic heterocycles. The first kappa shape index (κ1) is 26.5. The van der Waals surface area contributed by atoms with Crippen molar-refractivity contribution in [2.24, 2.45) is 4.99 Å². The van der Waals surface area contributed by atoms with Crippen molar-refractivity contribution in [3.63, 3.8) is 0 Å². The fourth-order valence-electron chi connectivity index (χ4n) is 3.72. The Bertz CT molecular complexity index is 698. The Balaban J connectivity index is 0.00000450. The van der Waals surface area contributed by atoms with E-state index in [4.69, 9.17) is 0 Å². The minimum atomic E-state index is -0.549. The van der Waals surface area contributed by atoms with Crippen molar-refractivity contribution in [3.05, 3.63) is 35.4 Å². The van der Waals surface area contributed by atoms with Crippen molar-refractivity contribution in [3.8, 4) is 0 Å². The van der Waals surface area contributed by atoms with Gasteiger partial charge in [0.15, 0.2) is 5.96 Å². The van der Waals surface area contributed by atoms with E-state index >= 15 is 0 Å². The Morgan fingerprint density at radius 3 is 2.50 bits per heavy atom. The molecule has 0 spiro atoms. The Morgan fingerprint density at radius 1 is 1.23 bits per heavy atom. The normalized spacial score (nSPS) is 16.0. The van der Waals surface area contributed by atoms with Crippen molar-refractivity contribution in [1.82, 2.24) is 15.1 Å². The van der Waals surface area contributed by atoms with Gasteiger partial charge in [-0.05, 0) is 25.3 Å². The highest BCUT2D eigenvalue weighted by Crippen LogP contribution is 2.28. The van der Waals surface area contributed by atoms with Gasteiger partial charge >= 0.3 is 5.97 Å². The van der Waals surface area contributed by atoms with E-state index in [1.54, 1.807) is 13.1 Å². The molecule has 1 saturated heterocycles. The fourth-order valence-corrected chi connectivity index (χ4v) is 3.72. The van der Waals surface area contributed by atoms with E-state index < -0.39 is 11.6 Å². The smallest absolute Gasteiger partial charge is 0.305 e. The summed E-state index contributed by atoms with van der Waals surface area (Å²) >= 11 is 0. The lowest BCUT2D eigenvalue weighted by atomic mass is 10.0. The van der Waals surface area contributed by atoms with Crippen LogP contribution in [0.25, 0.3) is 0 Å². The number of hydrogen-bond donors (Lipinski definition) is 1. The summed E-state index contributed by atoms with van der Waals surface area (Å²) in [5.74, 6) is -0.381. The van der Waals surface area contributed by atoms with E-state index in [9.17, 15) is 13.6 Å². The van der Waals surface area contributed by atoms with Gasteiger partial charge in [-0.1, -0.05) is 13.0 Å². The number of hydrogen-bond acceptors (Lipinski definition) is 4. The number of carbonyl (C=O) groups excluding carboxylic acids is 1. The summed E-state index contributed by atoms with van der Waals surface area (Å²) in [6.07, 6.45) is 2.81. The first-order valence-corrected chi connectivity index (χ1v) is 10.2. The third-order valence-corrected chi connectivity index (χ3v) is 5.29. The molecule has 2 rings (SSSR count). The van der Waals surface area contributed by atoms with Gasteiger partial charge in [-0.15, -0.1) is 24.0 Å². The highest BCUT2D eigenvalue weighted by Gasteiger charge is 2.27. The second-order valence-corrected chi connectivity index (χ2v) is 7.12. The van der Waals surface area contributed by atoms with Crippen LogP contribution in [-0.4, -0.2) is 68.6 Å². The molecule has 0 radical (unpaired) electrons. The number of aliphatic imine (C=N–C) groups is 1. The second kappa shape index (κ2) is 13.7. The van der Waals surface area contributed by atoms with Crippen LogP contribution in [0.15, 0.2) is 23.2 Å². The molecule has 6 nitrogen and oxygen atoms in total. The van der Waals surface area contributed by atoms with Crippen LogP contribution in [0.2, 0.25) is 0 Å². The molecular weight excluding hydrogens is 505 g/mol. The van der Waals surface area contributed by atoms with Gasteiger partial charge in [-0.25, -0.2) is 8.78 Å². The maximum absolute atomic E-state index is 14.2. The van der Waals surface area contributed by atoms with Crippen molar-refractivity contribution in [1.29, 1.82) is 0 Å². The Morgan fingerprint density at radius 2 is 1.93 bits per heavy atom. The molecule has 0 aromatic heterocycles. The van der Waals surface area contributed by atoms with Crippen molar-refractivity contribution in [2.75, 3.05) is 46.9 Å². The minimum absolute atomic E-state index is 0. The number of piperazine rings is 1. The van der Waals surface area contributed by atoms with Gasteiger partial charge in [0.25, 0.3) is 0 Å². The Kier molecular flexibility index (Phi) is 12.2. The maximum Gasteiger partial charge on any atom is 0.305 e. The number of methoxy groups -OCH3 is 1. The first-order valence-electron chi connectivity index (χ1n) is 10.2. The first-order chi connectivity index (χ1) is 14.0. The minimum Gasteiger partial charge on any atom is -0.469 e. The average Bonchev–Trinajstić information content (AvgIpc) is 2.73. The van der Waals surface area contributed by atoms with E-state index in [1.165, 1.54) is 13.2 Å². The molecule has 0 bridgehead atoms. The fraction of sp³-hybridized carbons (Fsp3) is 0.619. The maximum atomic E-state index is 14.2. The summed E-state index contributed by atoms with van der Waals surface area (Å²) in [4.78, 5) is 19.9. The molecule has 30 heavy (non-hydrogen) atoms. The molecule has 170 valence electrons. The van der Waals surface area contributed by atoms with Gasteiger partial charge in [-0.3, -0.25) is 14.7 Å². The summed E-state index contributed by atoms with van der Waals surface area (Å²) in [6, 6.07) is 3.77. The van der Waals surface area contributed by atoms with Crippen molar-refractivity contribution >= 4 is 35.9 Å². The molecule has 1 unspecified atom stereocenters. The van der Waals surface area contributed by atoms with Crippen LogP contribution >= 0.6 is 24.0 Å². The molecule has 1 aromatic rings. The Hall–Kier alpha value is -1.49. The molecule has 0 aliphatic carbocycles. The van der Waals surface area contributed by atoms with Crippen LogP contribution in [0.3, 0.4) is 0 Å². The van der Waals surface area contributed by atoms with Crippen molar-refractivity contribution in [2.45, 2.75) is 38.6 Å². The van der Waals surface area contributed by atoms with Crippen LogP contribution in [0.4, 0.5) is 8.78 Å². The molecule has 1 N–H and O–H groups in total. The summed E-state index contributed by atoms with van der Waals surface area (Å²) in [5.41, 5.74) is 0.551. The largest absolute Gasteiger partial charge is 0.469 e. The van der Waals surface area contributed by atoms with Gasteiger partial charge in [0, 0.05) is 63.9 Å². The zero-order valence-electron chi connectivity index (χ0n) is 18.0. The number of carbonyl (C=O) groups is 1. The topological polar surface area (TPSA) is 57.2 Å². The van der Waals surface area contributed by atoms with Crippen LogP contribution < -0.4 is 5.32 Å². The van der Waals surface area contributed by atoms with Crippen LogP contribution in [-0.2, 0) is 9.53 Å². The van der Waals surface area contributed by atoms with E-state index in [-0.39, 0.29) is 36.0 Å². The van der Waals surface area contributed by atoms with Crippen LogP contribution in [0, 0.1) is 11.6 Å². The molecule has 9 heteroatoms. The van der Waals surface area contributed by atoms with Crippen molar-refractivity contribution < 1.29 is 18.3 Å². The summed E-state index contributed by atoms with van der Waals surface area (Å²) < 4.78 is 32.1. The number of rotatable bonds is 8. The summed E-state index contributed by atoms with van der Waals surface area (Å²) in [5, 5.41) is 3.34. The summed E-state index contributed by atoms with van der Waals surface area (Å²) in [6.45, 7) is 5.87. The number of unbranched alkanes of at least 4 members (excludes halogenated alkanes) is 1. The predicted octanol–water partition coefficient (Wildman–Crippen LogP) is 3.57. The lowest BCUT2D eigenvalue weighted by Crippen LogP contribution is -2.53. The van der Waals surface area contributed by atoms with Gasteiger partial charge in [0.1, 0.15) is 11.6 Å². The van der Waals surface area contributed by atoms with Crippen LogP contribution in [0.5, 0.6) is 0 Å². The van der Waals surface area contributed by atoms with Gasteiger partial charge < -0.3 is 15.0 Å². The lowest BCUT2D eigenvalue weighted by molar-refractivity contribution is -0.140. The molecule has 0 saturated carbocycles. The number of guanidine groups is 1. The predicted molar refractivity (Wildman–Crippen MR) is 125 cm³/mol. The highest BCUT2D eigenvalue weighted by atomic mass is 127. The Labute approximate surface area is 195 Å². The zero-order chi connectivity index (χ0) is 21.2. The average molecular weight is 538 g/mol. The van der Waals surface area contributed by atoms with E-state index in [0.717, 1.165) is 64.0 Å². The number of nitrogens with zero attached hydrogens (tertiary/aromatic N) is 3. The summed E-state index contributed by atoms with van der Waals surface area (Å²) in [7, 11) is 3.15. The van der Waals surface area contributed by atoms with Gasteiger partial charge in [0.05, 0.1) is 7.11 Å². The molecule has 1 heterocycles. The number of esters is 1. The quantitative estimate of drug-likeness (QED) is 0.180. The third kappa shape index (κ3) is 7.64. The number of nitrogens with one attached hydrogen (secondary N) is 1. The standard InChI is InChI=1S/C21H32F2N4O2.HI/c1-4-19(17-9-8-16(22)15-18(17)23)26-11-13-27(14-12-26)21(24-2)25-10-6-5-7-20(28)29-3;/h8-9,15,19H,4-7,10-14H2,1-3H3,(H,24,25);1H. The van der Waals surface area contributed by atoms with Gasteiger partial charge in [0.2, 0.25) is 0 Å². The second-order valence-electron chi connectivity index (χ2n) is 7.12. The monoisotopic (exact) mass is 538 g/mol. The van der Waals surface area contributed by atoms with E-state index in [2.05, 4.69) is 24.8 Å². The highest BCUT2D eigenvalue weighted by molar-refractivity contribution is 14.0. The molecule has 1 atom stereocenters.